The largest absolute Gasteiger partial charge is 0.416 e. The molecule has 0 fully saturated rings. The molecule has 3 rings (SSSR count). The smallest absolute Gasteiger partial charge is 0.277 e. The highest BCUT2D eigenvalue weighted by Gasteiger charge is 2.10. The van der Waals surface area contributed by atoms with Crippen LogP contribution in [0.25, 0.3) is 0 Å². The summed E-state index contributed by atoms with van der Waals surface area (Å²) in [7, 11) is 0. The third kappa shape index (κ3) is 5.59. The van der Waals surface area contributed by atoms with Crippen LogP contribution in [0, 0.1) is 0 Å². The summed E-state index contributed by atoms with van der Waals surface area (Å²) in [6.07, 6.45) is 0.524. The van der Waals surface area contributed by atoms with Crippen LogP contribution in [0.2, 0.25) is 5.02 Å². The van der Waals surface area contributed by atoms with Crippen molar-refractivity contribution in [3.63, 3.8) is 0 Å². The minimum Gasteiger partial charge on any atom is -0.416 e. The van der Waals surface area contributed by atoms with Gasteiger partial charge in [-0.1, -0.05) is 51.4 Å². The van der Waals surface area contributed by atoms with E-state index >= 15 is 0 Å². The lowest BCUT2D eigenvalue weighted by Crippen LogP contribution is -2.13. The van der Waals surface area contributed by atoms with Gasteiger partial charge in [-0.15, -0.1) is 10.2 Å². The third-order valence-electron chi connectivity index (χ3n) is 3.17. The summed E-state index contributed by atoms with van der Waals surface area (Å²) in [6, 6.07) is 14.8. The van der Waals surface area contributed by atoms with Crippen molar-refractivity contribution in [2.24, 2.45) is 0 Å². The van der Waals surface area contributed by atoms with Gasteiger partial charge in [0.05, 0.1) is 12.2 Å². The van der Waals surface area contributed by atoms with Crippen LogP contribution in [0.5, 0.6) is 0 Å². The predicted molar refractivity (Wildman–Crippen MR) is 102 cm³/mol. The zero-order chi connectivity index (χ0) is 17.6. The molecular weight excluding hydrogens is 426 g/mol. The molecule has 25 heavy (non-hydrogen) atoms. The molecule has 0 atom stereocenters. The molecular formula is C17H13BrClN3O2S. The molecule has 0 radical (unpaired) electrons. The normalized spacial score (nSPS) is 10.6. The Labute approximate surface area is 162 Å². The van der Waals surface area contributed by atoms with E-state index < -0.39 is 0 Å². The predicted octanol–water partition coefficient (Wildman–Crippen LogP) is 4.81. The summed E-state index contributed by atoms with van der Waals surface area (Å²) in [4.78, 5) is 12.0. The quantitative estimate of drug-likeness (QED) is 0.560. The van der Waals surface area contributed by atoms with E-state index in [9.17, 15) is 4.79 Å². The van der Waals surface area contributed by atoms with Crippen LogP contribution < -0.4 is 5.32 Å². The van der Waals surface area contributed by atoms with Crippen LogP contribution in [-0.2, 0) is 11.2 Å². The molecule has 0 saturated heterocycles. The van der Waals surface area contributed by atoms with Gasteiger partial charge in [0.15, 0.2) is 0 Å². The Bertz CT molecular complexity index is 853. The topological polar surface area (TPSA) is 68.0 Å². The summed E-state index contributed by atoms with van der Waals surface area (Å²) in [5.74, 6) is 0.557. The fraction of sp³-hybridized carbons (Fsp3) is 0.118. The molecule has 0 aliphatic rings. The molecule has 1 aromatic heterocycles. The maximum absolute atomic E-state index is 12.0. The van der Waals surface area contributed by atoms with Gasteiger partial charge in [0.25, 0.3) is 5.22 Å². The second-order valence-corrected chi connectivity index (χ2v) is 7.39. The monoisotopic (exact) mass is 437 g/mol. The van der Waals surface area contributed by atoms with Crippen LogP contribution >= 0.6 is 39.3 Å². The number of anilines is 1. The van der Waals surface area contributed by atoms with E-state index in [0.29, 0.717) is 22.6 Å². The van der Waals surface area contributed by atoms with Gasteiger partial charge in [-0.25, -0.2) is 0 Å². The molecule has 1 amide bonds. The fourth-order valence-corrected chi connectivity index (χ4v) is 2.97. The average molecular weight is 439 g/mol. The molecule has 0 aliphatic carbocycles. The van der Waals surface area contributed by atoms with E-state index in [2.05, 4.69) is 31.4 Å². The zero-order valence-corrected chi connectivity index (χ0v) is 16.1. The summed E-state index contributed by atoms with van der Waals surface area (Å²) in [5, 5.41) is 11.8. The van der Waals surface area contributed by atoms with E-state index in [1.165, 1.54) is 11.8 Å². The Kier molecular flexibility index (Phi) is 6.12. The first-order valence-corrected chi connectivity index (χ1v) is 9.49. The number of carbonyl (C=O) groups is 1. The summed E-state index contributed by atoms with van der Waals surface area (Å²) in [6.45, 7) is 0. The zero-order valence-electron chi connectivity index (χ0n) is 12.9. The molecule has 8 heteroatoms. The Balaban J connectivity index is 1.50. The number of rotatable bonds is 6. The van der Waals surface area contributed by atoms with Gasteiger partial charge in [-0.2, -0.15) is 0 Å². The van der Waals surface area contributed by atoms with Crippen molar-refractivity contribution < 1.29 is 9.21 Å². The maximum atomic E-state index is 12.0. The minimum atomic E-state index is -0.134. The lowest BCUT2D eigenvalue weighted by Gasteiger charge is -2.03. The lowest BCUT2D eigenvalue weighted by molar-refractivity contribution is -0.113. The summed E-state index contributed by atoms with van der Waals surface area (Å²) >= 11 is 10.4. The number of benzene rings is 2. The van der Waals surface area contributed by atoms with Crippen LogP contribution in [0.3, 0.4) is 0 Å². The van der Waals surface area contributed by atoms with Gasteiger partial charge in [-0.05, 0) is 42.0 Å². The van der Waals surface area contributed by atoms with Crippen LogP contribution in [0.4, 0.5) is 5.69 Å². The first kappa shape index (κ1) is 18.0. The molecule has 0 aliphatic heterocycles. The highest BCUT2D eigenvalue weighted by atomic mass is 79.9. The third-order valence-corrected chi connectivity index (χ3v) is 4.77. The van der Waals surface area contributed by atoms with Gasteiger partial charge >= 0.3 is 0 Å². The highest BCUT2D eigenvalue weighted by molar-refractivity contribution is 9.10. The second kappa shape index (κ2) is 8.51. The van der Waals surface area contributed by atoms with E-state index in [0.717, 1.165) is 15.7 Å². The Hall–Kier alpha value is -1.83. The fourth-order valence-electron chi connectivity index (χ4n) is 2.00. The number of amides is 1. The second-order valence-electron chi connectivity index (χ2n) is 5.11. The molecule has 0 bridgehead atoms. The first-order chi connectivity index (χ1) is 12.1. The number of carbonyl (C=O) groups excluding carboxylic acids is 1. The van der Waals surface area contributed by atoms with Gasteiger partial charge < -0.3 is 9.73 Å². The Morgan fingerprint density at radius 1 is 1.12 bits per heavy atom. The van der Waals surface area contributed by atoms with Gasteiger partial charge in [0.1, 0.15) is 0 Å². The molecule has 0 saturated carbocycles. The number of nitrogens with zero attached hydrogens (tertiary/aromatic N) is 2. The van der Waals surface area contributed by atoms with Crippen molar-refractivity contribution in [2.45, 2.75) is 11.6 Å². The number of hydrogen-bond acceptors (Lipinski definition) is 5. The molecule has 0 unspecified atom stereocenters. The van der Waals surface area contributed by atoms with Crippen molar-refractivity contribution in [3.05, 3.63) is 69.5 Å². The van der Waals surface area contributed by atoms with Crippen LogP contribution in [-0.4, -0.2) is 21.9 Å². The average Bonchev–Trinajstić information content (AvgIpc) is 3.05. The van der Waals surface area contributed by atoms with E-state index in [-0.39, 0.29) is 11.7 Å². The van der Waals surface area contributed by atoms with E-state index in [1.54, 1.807) is 0 Å². The molecule has 1 heterocycles. The standard InChI is InChI=1S/C17H13BrClN3O2S/c18-12-3-7-14(8-4-12)20-15(23)10-25-17-22-21-16(24-17)9-11-1-5-13(19)6-2-11/h1-8H,9-10H2,(H,20,23). The number of hydrogen-bond donors (Lipinski definition) is 1. The first-order valence-electron chi connectivity index (χ1n) is 7.33. The SMILES string of the molecule is O=C(CSc1nnc(Cc2ccc(Cl)cc2)o1)Nc1ccc(Br)cc1. The van der Waals surface area contributed by atoms with Crippen molar-refractivity contribution in [1.29, 1.82) is 0 Å². The number of thioether (sulfide) groups is 1. The van der Waals surface area contributed by atoms with E-state index in [4.69, 9.17) is 16.0 Å². The van der Waals surface area contributed by atoms with Crippen molar-refractivity contribution in [2.75, 3.05) is 11.1 Å². The van der Waals surface area contributed by atoms with Crippen molar-refractivity contribution in [1.82, 2.24) is 10.2 Å². The number of nitrogens with one attached hydrogen (secondary N) is 1. The van der Waals surface area contributed by atoms with Crippen molar-refractivity contribution in [3.8, 4) is 0 Å². The molecule has 2 aromatic carbocycles. The summed E-state index contributed by atoms with van der Waals surface area (Å²) in [5.41, 5.74) is 1.76. The van der Waals surface area contributed by atoms with E-state index in [1.807, 2.05) is 48.5 Å². The summed E-state index contributed by atoms with van der Waals surface area (Å²) < 4.78 is 6.51. The highest BCUT2D eigenvalue weighted by Crippen LogP contribution is 2.19. The number of aromatic nitrogens is 2. The molecule has 128 valence electrons. The lowest BCUT2D eigenvalue weighted by atomic mass is 10.1. The molecule has 1 N–H and O–H groups in total. The Morgan fingerprint density at radius 3 is 2.56 bits per heavy atom. The van der Waals surface area contributed by atoms with Crippen LogP contribution in [0.1, 0.15) is 11.5 Å². The van der Waals surface area contributed by atoms with Crippen molar-refractivity contribution >= 4 is 50.9 Å². The van der Waals surface area contributed by atoms with Crippen LogP contribution in [0.15, 0.2) is 62.6 Å². The van der Waals surface area contributed by atoms with Gasteiger partial charge in [0.2, 0.25) is 11.8 Å². The molecule has 0 spiro atoms. The molecule has 3 aromatic rings. The minimum absolute atomic E-state index is 0.134. The number of halogens is 2. The van der Waals surface area contributed by atoms with Gasteiger partial charge in [0, 0.05) is 15.2 Å². The molecule has 5 nitrogen and oxygen atoms in total. The maximum Gasteiger partial charge on any atom is 0.277 e. The van der Waals surface area contributed by atoms with Gasteiger partial charge in [-0.3, -0.25) is 4.79 Å². The Morgan fingerprint density at radius 2 is 1.84 bits per heavy atom.